The van der Waals surface area contributed by atoms with Gasteiger partial charge in [-0.15, -0.1) is 0 Å². The molecule has 3 nitrogen and oxygen atoms in total. The third-order valence-electron chi connectivity index (χ3n) is 2.83. The van der Waals surface area contributed by atoms with Crippen molar-refractivity contribution in [1.82, 2.24) is 14.9 Å². The van der Waals surface area contributed by atoms with Crippen LogP contribution in [0.3, 0.4) is 0 Å². The summed E-state index contributed by atoms with van der Waals surface area (Å²) >= 11 is 12.2. The molecule has 0 unspecified atom stereocenters. The van der Waals surface area contributed by atoms with Gasteiger partial charge in [0.25, 0.3) is 0 Å². The van der Waals surface area contributed by atoms with Gasteiger partial charge in [-0.1, -0.05) is 23.2 Å². The molecule has 0 spiro atoms. The number of imidazole rings is 1. The predicted molar refractivity (Wildman–Crippen MR) is 75.3 cm³/mol. The van der Waals surface area contributed by atoms with Gasteiger partial charge >= 0.3 is 0 Å². The molecule has 0 atom stereocenters. The lowest BCUT2D eigenvalue weighted by Gasteiger charge is -2.11. The number of aromatic nitrogens is 2. The van der Waals surface area contributed by atoms with Crippen molar-refractivity contribution in [3.05, 3.63) is 51.5 Å². The second-order valence-corrected chi connectivity index (χ2v) is 4.99. The molecule has 1 N–H and O–H groups in total. The molecule has 0 saturated heterocycles. The number of rotatable bonds is 4. The van der Waals surface area contributed by atoms with Crippen molar-refractivity contribution in [2.45, 2.75) is 20.0 Å². The number of nitrogens with zero attached hydrogens (tertiary/aromatic N) is 2. The van der Waals surface area contributed by atoms with Crippen LogP contribution in [0, 0.1) is 6.92 Å². The summed E-state index contributed by atoms with van der Waals surface area (Å²) < 4.78 is 2.13. The van der Waals surface area contributed by atoms with E-state index in [1.165, 1.54) is 0 Å². The van der Waals surface area contributed by atoms with E-state index in [9.17, 15) is 0 Å². The molecule has 0 aliphatic heterocycles. The zero-order valence-corrected chi connectivity index (χ0v) is 11.9. The van der Waals surface area contributed by atoms with Gasteiger partial charge in [0.15, 0.2) is 0 Å². The van der Waals surface area contributed by atoms with Gasteiger partial charge in [-0.3, -0.25) is 0 Å². The minimum absolute atomic E-state index is 0.683. The molecule has 5 heteroatoms. The van der Waals surface area contributed by atoms with E-state index in [0.29, 0.717) is 11.6 Å². The number of halogens is 2. The number of hydrogen-bond acceptors (Lipinski definition) is 2. The fourth-order valence-corrected chi connectivity index (χ4v) is 2.26. The van der Waals surface area contributed by atoms with Crippen molar-refractivity contribution in [3.63, 3.8) is 0 Å². The van der Waals surface area contributed by atoms with E-state index in [1.807, 2.05) is 32.3 Å². The summed E-state index contributed by atoms with van der Waals surface area (Å²) in [5.41, 5.74) is 2.13. The van der Waals surface area contributed by atoms with Gasteiger partial charge in [0.2, 0.25) is 0 Å². The first kappa shape index (κ1) is 13.4. The zero-order chi connectivity index (χ0) is 13.1. The van der Waals surface area contributed by atoms with Crippen molar-refractivity contribution in [2.75, 3.05) is 7.05 Å². The van der Waals surface area contributed by atoms with E-state index in [-0.39, 0.29) is 0 Å². The maximum atomic E-state index is 6.19. The van der Waals surface area contributed by atoms with Crippen LogP contribution in [-0.2, 0) is 13.1 Å². The van der Waals surface area contributed by atoms with Gasteiger partial charge in [-0.2, -0.15) is 0 Å². The Morgan fingerprint density at radius 2 is 2.11 bits per heavy atom. The molecule has 0 bridgehead atoms. The minimum atomic E-state index is 0.683. The highest BCUT2D eigenvalue weighted by Crippen LogP contribution is 2.22. The van der Waals surface area contributed by atoms with Crippen LogP contribution in [0.1, 0.15) is 17.1 Å². The van der Waals surface area contributed by atoms with Gasteiger partial charge in [-0.25, -0.2) is 4.98 Å². The highest BCUT2D eigenvalue weighted by molar-refractivity contribution is 6.33. The second-order valence-electron chi connectivity index (χ2n) is 4.15. The topological polar surface area (TPSA) is 29.9 Å². The van der Waals surface area contributed by atoms with E-state index in [1.54, 1.807) is 6.07 Å². The molecule has 1 heterocycles. The first-order valence-electron chi connectivity index (χ1n) is 5.71. The number of aryl methyl sites for hydroxylation is 1. The lowest BCUT2D eigenvalue weighted by atomic mass is 10.2. The highest BCUT2D eigenvalue weighted by atomic mass is 35.5. The molecule has 0 fully saturated rings. The lowest BCUT2D eigenvalue weighted by Crippen LogP contribution is -2.13. The Morgan fingerprint density at radius 3 is 2.83 bits per heavy atom. The van der Waals surface area contributed by atoms with Gasteiger partial charge in [0, 0.05) is 22.8 Å². The lowest BCUT2D eigenvalue weighted by molar-refractivity contribution is 0.676. The second kappa shape index (κ2) is 5.74. The average molecular weight is 284 g/mol. The number of benzene rings is 1. The van der Waals surface area contributed by atoms with Crippen LogP contribution < -0.4 is 5.32 Å². The first-order valence-corrected chi connectivity index (χ1v) is 6.47. The van der Waals surface area contributed by atoms with Gasteiger partial charge in [0.05, 0.1) is 12.2 Å². The third-order valence-corrected chi connectivity index (χ3v) is 3.44. The molecule has 0 saturated carbocycles. The van der Waals surface area contributed by atoms with E-state index < -0.39 is 0 Å². The minimum Gasteiger partial charge on any atom is -0.327 e. The molecular formula is C13H15Cl2N3. The maximum absolute atomic E-state index is 6.19. The normalized spacial score (nSPS) is 10.9. The molecule has 1 aromatic carbocycles. The average Bonchev–Trinajstić information content (AvgIpc) is 2.67. The summed E-state index contributed by atoms with van der Waals surface area (Å²) in [7, 11) is 1.92. The summed E-state index contributed by atoms with van der Waals surface area (Å²) in [6, 6.07) is 5.51. The van der Waals surface area contributed by atoms with Crippen LogP contribution >= 0.6 is 23.2 Å². The molecule has 96 valence electrons. The fourth-order valence-electron chi connectivity index (χ4n) is 1.89. The van der Waals surface area contributed by atoms with Crippen LogP contribution in [0.25, 0.3) is 0 Å². The van der Waals surface area contributed by atoms with E-state index in [4.69, 9.17) is 23.2 Å². The summed E-state index contributed by atoms with van der Waals surface area (Å²) in [5, 5.41) is 4.55. The predicted octanol–water partition coefficient (Wildman–Crippen LogP) is 3.27. The Morgan fingerprint density at radius 1 is 1.33 bits per heavy atom. The van der Waals surface area contributed by atoms with Gasteiger partial charge in [-0.05, 0) is 37.7 Å². The molecule has 0 amide bonds. The molecular weight excluding hydrogens is 269 g/mol. The quantitative estimate of drug-likeness (QED) is 0.933. The van der Waals surface area contributed by atoms with E-state index in [2.05, 4.69) is 14.9 Å². The third kappa shape index (κ3) is 2.86. The zero-order valence-electron chi connectivity index (χ0n) is 10.4. The Hall–Kier alpha value is -1.03. The van der Waals surface area contributed by atoms with Crippen LogP contribution in [0.15, 0.2) is 24.4 Å². The van der Waals surface area contributed by atoms with Crippen molar-refractivity contribution in [2.24, 2.45) is 0 Å². The Balaban J connectivity index is 2.33. The van der Waals surface area contributed by atoms with Gasteiger partial charge in [0.1, 0.15) is 5.82 Å². The van der Waals surface area contributed by atoms with Crippen molar-refractivity contribution < 1.29 is 0 Å². The summed E-state index contributed by atoms with van der Waals surface area (Å²) in [4.78, 5) is 4.33. The molecule has 2 rings (SSSR count). The van der Waals surface area contributed by atoms with Crippen LogP contribution in [0.2, 0.25) is 10.0 Å². The van der Waals surface area contributed by atoms with Crippen LogP contribution in [-0.4, -0.2) is 16.6 Å². The SMILES string of the molecule is CNCc1cnc(C)n1Cc1cc(Cl)ccc1Cl. The monoisotopic (exact) mass is 283 g/mol. The highest BCUT2D eigenvalue weighted by Gasteiger charge is 2.09. The van der Waals surface area contributed by atoms with Crippen molar-refractivity contribution >= 4 is 23.2 Å². The summed E-state index contributed by atoms with van der Waals surface area (Å²) in [5.74, 6) is 0.969. The molecule has 0 radical (unpaired) electrons. The van der Waals surface area contributed by atoms with Crippen LogP contribution in [0.5, 0.6) is 0 Å². The van der Waals surface area contributed by atoms with Crippen LogP contribution in [0.4, 0.5) is 0 Å². The summed E-state index contributed by atoms with van der Waals surface area (Å²) in [6.45, 7) is 3.44. The maximum Gasteiger partial charge on any atom is 0.106 e. The fraction of sp³-hybridized carbons (Fsp3) is 0.308. The molecule has 0 aliphatic rings. The van der Waals surface area contributed by atoms with Gasteiger partial charge < -0.3 is 9.88 Å². The largest absolute Gasteiger partial charge is 0.327 e. The van der Waals surface area contributed by atoms with E-state index in [0.717, 1.165) is 28.6 Å². The smallest absolute Gasteiger partial charge is 0.106 e. The number of nitrogens with one attached hydrogen (secondary N) is 1. The standard InChI is InChI=1S/C13H15Cl2N3/c1-9-17-7-12(6-16-2)18(9)8-10-5-11(14)3-4-13(10)15/h3-5,7,16H,6,8H2,1-2H3. The van der Waals surface area contributed by atoms with Crippen molar-refractivity contribution in [1.29, 1.82) is 0 Å². The summed E-state index contributed by atoms with van der Waals surface area (Å²) in [6.07, 6.45) is 1.88. The Labute approximate surface area is 117 Å². The van der Waals surface area contributed by atoms with Crippen molar-refractivity contribution in [3.8, 4) is 0 Å². The molecule has 0 aliphatic carbocycles. The molecule has 18 heavy (non-hydrogen) atoms. The van der Waals surface area contributed by atoms with E-state index >= 15 is 0 Å². The Kier molecular flexibility index (Phi) is 4.27. The first-order chi connectivity index (χ1) is 8.61. The Bertz CT molecular complexity index is 549. The number of hydrogen-bond donors (Lipinski definition) is 1. The molecule has 1 aromatic heterocycles. The molecule has 2 aromatic rings.